The lowest BCUT2D eigenvalue weighted by molar-refractivity contribution is -0.146. The van der Waals surface area contributed by atoms with Gasteiger partial charge in [-0.3, -0.25) is 14.4 Å². The number of carbonyl (C=O) groups is 3. The first kappa shape index (κ1) is 18.7. The highest BCUT2D eigenvalue weighted by molar-refractivity contribution is 5.93. The fourth-order valence-electron chi connectivity index (χ4n) is 2.10. The van der Waals surface area contributed by atoms with Crippen LogP contribution >= 0.6 is 0 Å². The minimum Gasteiger partial charge on any atom is -0.455 e. The van der Waals surface area contributed by atoms with E-state index in [2.05, 4.69) is 10.6 Å². The van der Waals surface area contributed by atoms with Crippen LogP contribution < -0.4 is 10.6 Å². The predicted octanol–water partition coefficient (Wildman–Crippen LogP) is 2.24. The van der Waals surface area contributed by atoms with Crippen molar-refractivity contribution >= 4 is 29.2 Å². The Kier molecular flexibility index (Phi) is 6.46. The van der Waals surface area contributed by atoms with E-state index in [4.69, 9.17) is 10.00 Å². The van der Waals surface area contributed by atoms with Crippen LogP contribution in [0.2, 0.25) is 0 Å². The van der Waals surface area contributed by atoms with Gasteiger partial charge in [0.1, 0.15) is 0 Å². The van der Waals surface area contributed by atoms with Crippen LogP contribution in [0.3, 0.4) is 0 Å². The Morgan fingerprint density at radius 3 is 2.12 bits per heavy atom. The van der Waals surface area contributed by atoms with Crippen molar-refractivity contribution in [3.63, 3.8) is 0 Å². The maximum Gasteiger partial charge on any atom is 0.310 e. The SMILES string of the molecule is CC(=O)Nc1ccc(CC(=O)OCC(=O)Nc2ccc(C#N)cc2)cc1. The molecule has 0 atom stereocenters. The quantitative estimate of drug-likeness (QED) is 0.776. The average molecular weight is 351 g/mol. The summed E-state index contributed by atoms with van der Waals surface area (Å²) in [5.41, 5.74) is 2.34. The molecule has 0 aliphatic rings. The number of nitrogens with zero attached hydrogens (tertiary/aromatic N) is 1. The lowest BCUT2D eigenvalue weighted by Crippen LogP contribution is -2.21. The van der Waals surface area contributed by atoms with E-state index < -0.39 is 18.5 Å². The van der Waals surface area contributed by atoms with Gasteiger partial charge in [-0.05, 0) is 42.0 Å². The lowest BCUT2D eigenvalue weighted by atomic mass is 10.1. The number of rotatable bonds is 6. The van der Waals surface area contributed by atoms with E-state index in [9.17, 15) is 14.4 Å². The number of hydrogen-bond donors (Lipinski definition) is 2. The molecule has 0 aliphatic carbocycles. The molecule has 0 spiro atoms. The molecule has 7 nitrogen and oxygen atoms in total. The first-order valence-corrected chi connectivity index (χ1v) is 7.78. The average Bonchev–Trinajstić information content (AvgIpc) is 2.62. The molecule has 0 aliphatic heterocycles. The summed E-state index contributed by atoms with van der Waals surface area (Å²) in [6.07, 6.45) is 0.0184. The van der Waals surface area contributed by atoms with E-state index in [-0.39, 0.29) is 12.3 Å². The highest BCUT2D eigenvalue weighted by Crippen LogP contribution is 2.11. The highest BCUT2D eigenvalue weighted by Gasteiger charge is 2.09. The van der Waals surface area contributed by atoms with Crippen molar-refractivity contribution in [1.29, 1.82) is 5.26 Å². The molecule has 2 rings (SSSR count). The number of ether oxygens (including phenoxy) is 1. The van der Waals surface area contributed by atoms with Gasteiger partial charge in [-0.2, -0.15) is 5.26 Å². The molecule has 7 heteroatoms. The Balaban J connectivity index is 1.77. The molecule has 0 radical (unpaired) electrons. The van der Waals surface area contributed by atoms with Crippen LogP contribution in [0.15, 0.2) is 48.5 Å². The number of esters is 1. The maximum absolute atomic E-state index is 11.8. The molecule has 0 fully saturated rings. The summed E-state index contributed by atoms with van der Waals surface area (Å²) in [7, 11) is 0. The minimum atomic E-state index is -0.535. The molecule has 2 aromatic rings. The number of benzene rings is 2. The third kappa shape index (κ3) is 6.09. The van der Waals surface area contributed by atoms with Crippen molar-refractivity contribution in [2.75, 3.05) is 17.2 Å². The van der Waals surface area contributed by atoms with Gasteiger partial charge in [-0.1, -0.05) is 12.1 Å². The van der Waals surface area contributed by atoms with Crippen molar-refractivity contribution in [2.24, 2.45) is 0 Å². The number of amides is 2. The Hall–Kier alpha value is -3.66. The van der Waals surface area contributed by atoms with Gasteiger partial charge in [0.2, 0.25) is 5.91 Å². The molecule has 0 saturated heterocycles. The molecular formula is C19H17N3O4. The molecule has 2 N–H and O–H groups in total. The molecule has 0 saturated carbocycles. The normalized spacial score (nSPS) is 9.69. The van der Waals surface area contributed by atoms with Crippen LogP contribution in [0.25, 0.3) is 0 Å². The molecule has 0 heterocycles. The van der Waals surface area contributed by atoms with E-state index in [1.54, 1.807) is 48.5 Å². The monoisotopic (exact) mass is 351 g/mol. The van der Waals surface area contributed by atoms with E-state index in [1.807, 2.05) is 6.07 Å². The number of nitriles is 1. The van der Waals surface area contributed by atoms with Gasteiger partial charge in [-0.25, -0.2) is 0 Å². The van der Waals surface area contributed by atoms with Crippen LogP contribution in [0.1, 0.15) is 18.1 Å². The zero-order valence-corrected chi connectivity index (χ0v) is 14.1. The van der Waals surface area contributed by atoms with Gasteiger partial charge < -0.3 is 15.4 Å². The summed E-state index contributed by atoms with van der Waals surface area (Å²) in [6.45, 7) is 1.01. The third-order valence-corrected chi connectivity index (χ3v) is 3.28. The summed E-state index contributed by atoms with van der Waals surface area (Å²) in [6, 6.07) is 15.1. The van der Waals surface area contributed by atoms with Crippen molar-refractivity contribution in [3.8, 4) is 6.07 Å². The second kappa shape index (κ2) is 8.99. The summed E-state index contributed by atoms with van der Waals surface area (Å²) in [5.74, 6) is -1.18. The van der Waals surface area contributed by atoms with Crippen LogP contribution in [-0.2, 0) is 25.5 Å². The smallest absolute Gasteiger partial charge is 0.310 e. The molecule has 0 unspecified atom stereocenters. The Morgan fingerprint density at radius 2 is 1.54 bits per heavy atom. The second-order valence-electron chi connectivity index (χ2n) is 5.45. The minimum absolute atomic E-state index is 0.0184. The van der Waals surface area contributed by atoms with E-state index in [0.717, 1.165) is 0 Å². The predicted molar refractivity (Wildman–Crippen MR) is 95.2 cm³/mol. The van der Waals surface area contributed by atoms with Gasteiger partial charge >= 0.3 is 5.97 Å². The molecule has 2 aromatic carbocycles. The van der Waals surface area contributed by atoms with Gasteiger partial charge in [0.05, 0.1) is 18.1 Å². The molecule has 0 aromatic heterocycles. The van der Waals surface area contributed by atoms with Gasteiger partial charge in [0, 0.05) is 18.3 Å². The first-order chi connectivity index (χ1) is 12.5. The molecular weight excluding hydrogens is 334 g/mol. The number of nitrogens with one attached hydrogen (secondary N) is 2. The molecule has 26 heavy (non-hydrogen) atoms. The van der Waals surface area contributed by atoms with Crippen LogP contribution in [0.5, 0.6) is 0 Å². The van der Waals surface area contributed by atoms with E-state index in [0.29, 0.717) is 22.5 Å². The summed E-state index contributed by atoms with van der Waals surface area (Å²) >= 11 is 0. The van der Waals surface area contributed by atoms with Gasteiger partial charge in [-0.15, -0.1) is 0 Å². The lowest BCUT2D eigenvalue weighted by Gasteiger charge is -2.07. The Morgan fingerprint density at radius 1 is 0.962 bits per heavy atom. The zero-order chi connectivity index (χ0) is 18.9. The van der Waals surface area contributed by atoms with Crippen LogP contribution in [0.4, 0.5) is 11.4 Å². The second-order valence-corrected chi connectivity index (χ2v) is 5.45. The number of anilines is 2. The van der Waals surface area contributed by atoms with Crippen LogP contribution in [-0.4, -0.2) is 24.4 Å². The fourth-order valence-corrected chi connectivity index (χ4v) is 2.10. The Bertz CT molecular complexity index is 837. The summed E-state index contributed by atoms with van der Waals surface area (Å²) in [5, 5.41) is 13.9. The molecule has 0 bridgehead atoms. The standard InChI is InChI=1S/C19H17N3O4/c1-13(23)21-16-6-2-14(3-7-16)10-19(25)26-12-18(24)22-17-8-4-15(11-20)5-9-17/h2-9H,10,12H2,1H3,(H,21,23)(H,22,24). The third-order valence-electron chi connectivity index (χ3n) is 3.28. The topological polar surface area (TPSA) is 108 Å². The summed E-state index contributed by atoms with van der Waals surface area (Å²) in [4.78, 5) is 34.5. The summed E-state index contributed by atoms with van der Waals surface area (Å²) < 4.78 is 4.95. The number of carbonyl (C=O) groups excluding carboxylic acids is 3. The van der Waals surface area contributed by atoms with Gasteiger partial charge in [0.15, 0.2) is 6.61 Å². The molecule has 2 amide bonds. The zero-order valence-electron chi connectivity index (χ0n) is 14.1. The van der Waals surface area contributed by atoms with E-state index >= 15 is 0 Å². The van der Waals surface area contributed by atoms with Crippen molar-refractivity contribution in [2.45, 2.75) is 13.3 Å². The van der Waals surface area contributed by atoms with E-state index in [1.165, 1.54) is 6.92 Å². The molecule has 132 valence electrons. The van der Waals surface area contributed by atoms with Crippen molar-refractivity contribution in [1.82, 2.24) is 0 Å². The van der Waals surface area contributed by atoms with Crippen molar-refractivity contribution in [3.05, 3.63) is 59.7 Å². The Labute approximate surface area is 150 Å². The maximum atomic E-state index is 11.8. The largest absolute Gasteiger partial charge is 0.455 e. The van der Waals surface area contributed by atoms with Crippen molar-refractivity contribution < 1.29 is 19.1 Å². The number of hydrogen-bond acceptors (Lipinski definition) is 5. The van der Waals surface area contributed by atoms with Gasteiger partial charge in [0.25, 0.3) is 5.91 Å². The fraction of sp³-hybridized carbons (Fsp3) is 0.158. The highest BCUT2D eigenvalue weighted by atomic mass is 16.5. The van der Waals surface area contributed by atoms with Crippen LogP contribution in [0, 0.1) is 11.3 Å². The first-order valence-electron chi connectivity index (χ1n) is 7.78.